The molecule has 0 aliphatic carbocycles. The molecule has 0 radical (unpaired) electrons. The van der Waals surface area contributed by atoms with Crippen LogP contribution in [0.2, 0.25) is 0 Å². The number of nitro benzene ring substituents is 1. The molecule has 0 spiro atoms. The Morgan fingerprint density at radius 1 is 1.29 bits per heavy atom. The number of rotatable bonds is 5. The molecule has 0 aromatic heterocycles. The molecule has 1 atom stereocenters. The van der Waals surface area contributed by atoms with Crippen LogP contribution in [0.3, 0.4) is 0 Å². The molecule has 2 aromatic rings. The molecular formula is C14H14N2O5. The third-order valence-electron chi connectivity index (χ3n) is 2.98. The number of nitrogens with zero attached hydrogens (tertiary/aromatic N) is 1. The number of non-ortho nitro benzene ring substituents is 1. The van der Waals surface area contributed by atoms with E-state index in [1.54, 1.807) is 24.3 Å². The minimum Gasteiger partial charge on any atom is -0.491 e. The molecule has 2 rings (SSSR count). The standard InChI is InChI=1S/C14H14N2O5/c1-20-14(17)11(15)8-21-13-7-6-12(16(18)19)9-4-2-3-5-10(9)13/h2-7,11H,8,15H2,1H3. The van der Waals surface area contributed by atoms with Crippen LogP contribution in [0.5, 0.6) is 5.75 Å². The van der Waals surface area contributed by atoms with Gasteiger partial charge in [-0.05, 0) is 12.1 Å². The number of carbonyl (C=O) groups excluding carboxylic acids is 1. The average molecular weight is 290 g/mol. The number of hydrogen-bond donors (Lipinski definition) is 1. The third-order valence-corrected chi connectivity index (χ3v) is 2.98. The Bertz CT molecular complexity index is 686. The highest BCUT2D eigenvalue weighted by Gasteiger charge is 2.17. The van der Waals surface area contributed by atoms with Crippen LogP contribution in [0, 0.1) is 10.1 Å². The van der Waals surface area contributed by atoms with Crippen LogP contribution in [0.25, 0.3) is 10.8 Å². The van der Waals surface area contributed by atoms with E-state index in [1.807, 2.05) is 0 Å². The van der Waals surface area contributed by atoms with E-state index in [-0.39, 0.29) is 12.3 Å². The Balaban J connectivity index is 2.31. The van der Waals surface area contributed by atoms with Gasteiger partial charge < -0.3 is 15.2 Å². The first-order valence-electron chi connectivity index (χ1n) is 6.17. The Kier molecular flexibility index (Phi) is 4.34. The number of esters is 1. The fourth-order valence-corrected chi connectivity index (χ4v) is 1.94. The minimum absolute atomic E-state index is 0.00443. The SMILES string of the molecule is COC(=O)C(N)COc1ccc([N+](=O)[O-])c2ccccc12. The number of carbonyl (C=O) groups is 1. The van der Waals surface area contributed by atoms with E-state index >= 15 is 0 Å². The van der Waals surface area contributed by atoms with Crippen molar-refractivity contribution in [2.24, 2.45) is 5.73 Å². The molecule has 0 saturated carbocycles. The highest BCUT2D eigenvalue weighted by Crippen LogP contribution is 2.32. The predicted molar refractivity (Wildman–Crippen MR) is 76.1 cm³/mol. The zero-order valence-corrected chi connectivity index (χ0v) is 11.3. The van der Waals surface area contributed by atoms with Crippen LogP contribution in [0.15, 0.2) is 36.4 Å². The second-order valence-electron chi connectivity index (χ2n) is 4.33. The first kappa shape index (κ1) is 14.7. The van der Waals surface area contributed by atoms with Gasteiger partial charge in [0, 0.05) is 11.5 Å². The maximum atomic E-state index is 11.2. The Morgan fingerprint density at radius 2 is 1.95 bits per heavy atom. The number of nitrogens with two attached hydrogens (primary N) is 1. The van der Waals surface area contributed by atoms with E-state index in [0.717, 1.165) is 0 Å². The molecule has 0 bridgehead atoms. The van der Waals surface area contributed by atoms with Crippen LogP contribution in [-0.4, -0.2) is 30.7 Å². The van der Waals surface area contributed by atoms with E-state index in [4.69, 9.17) is 10.5 Å². The first-order chi connectivity index (χ1) is 10.0. The van der Waals surface area contributed by atoms with Crippen molar-refractivity contribution in [2.45, 2.75) is 6.04 Å². The lowest BCUT2D eigenvalue weighted by Crippen LogP contribution is -2.37. The molecule has 110 valence electrons. The van der Waals surface area contributed by atoms with Crippen molar-refractivity contribution in [3.63, 3.8) is 0 Å². The zero-order chi connectivity index (χ0) is 15.4. The molecule has 2 N–H and O–H groups in total. The second-order valence-corrected chi connectivity index (χ2v) is 4.33. The Morgan fingerprint density at radius 3 is 2.57 bits per heavy atom. The van der Waals surface area contributed by atoms with E-state index < -0.39 is 16.9 Å². The van der Waals surface area contributed by atoms with Crippen LogP contribution < -0.4 is 10.5 Å². The van der Waals surface area contributed by atoms with Crippen molar-refractivity contribution in [3.8, 4) is 5.75 Å². The molecule has 1 unspecified atom stereocenters. The monoisotopic (exact) mass is 290 g/mol. The summed E-state index contributed by atoms with van der Waals surface area (Å²) in [5.74, 6) is -0.156. The largest absolute Gasteiger partial charge is 0.491 e. The number of ether oxygens (including phenoxy) is 2. The molecule has 0 aliphatic rings. The van der Waals surface area contributed by atoms with E-state index in [0.29, 0.717) is 16.5 Å². The first-order valence-corrected chi connectivity index (χ1v) is 6.17. The van der Waals surface area contributed by atoms with Gasteiger partial charge in [-0.1, -0.05) is 18.2 Å². The summed E-state index contributed by atoms with van der Waals surface area (Å²) >= 11 is 0. The van der Waals surface area contributed by atoms with Gasteiger partial charge in [0.2, 0.25) is 0 Å². The maximum absolute atomic E-state index is 11.2. The van der Waals surface area contributed by atoms with E-state index in [9.17, 15) is 14.9 Å². The second kappa shape index (κ2) is 6.19. The van der Waals surface area contributed by atoms with E-state index in [2.05, 4.69) is 4.74 Å². The quantitative estimate of drug-likeness (QED) is 0.509. The summed E-state index contributed by atoms with van der Waals surface area (Å²) in [6.07, 6.45) is 0. The minimum atomic E-state index is -0.913. The maximum Gasteiger partial charge on any atom is 0.326 e. The summed E-state index contributed by atoms with van der Waals surface area (Å²) in [5, 5.41) is 12.1. The fraction of sp³-hybridized carbons (Fsp3) is 0.214. The van der Waals surface area contributed by atoms with Crippen molar-refractivity contribution >= 4 is 22.4 Å². The molecule has 0 aliphatic heterocycles. The van der Waals surface area contributed by atoms with Crippen molar-refractivity contribution in [3.05, 3.63) is 46.5 Å². The smallest absolute Gasteiger partial charge is 0.326 e. The van der Waals surface area contributed by atoms with E-state index in [1.165, 1.54) is 19.2 Å². The highest BCUT2D eigenvalue weighted by atomic mass is 16.6. The number of fused-ring (bicyclic) bond motifs is 1. The van der Waals surface area contributed by atoms with Gasteiger partial charge in [0.05, 0.1) is 17.4 Å². The fourth-order valence-electron chi connectivity index (χ4n) is 1.94. The number of methoxy groups -OCH3 is 1. The van der Waals surface area contributed by atoms with Crippen LogP contribution >= 0.6 is 0 Å². The van der Waals surface area contributed by atoms with Gasteiger partial charge in [0.25, 0.3) is 5.69 Å². The van der Waals surface area contributed by atoms with Gasteiger partial charge in [-0.25, -0.2) is 0 Å². The van der Waals surface area contributed by atoms with Crippen molar-refractivity contribution in [2.75, 3.05) is 13.7 Å². The molecule has 0 saturated heterocycles. The summed E-state index contributed by atoms with van der Waals surface area (Å²) in [4.78, 5) is 21.8. The van der Waals surface area contributed by atoms with Crippen molar-refractivity contribution in [1.29, 1.82) is 0 Å². The zero-order valence-electron chi connectivity index (χ0n) is 11.3. The lowest BCUT2D eigenvalue weighted by atomic mass is 10.1. The van der Waals surface area contributed by atoms with Crippen LogP contribution in [0.1, 0.15) is 0 Å². The number of hydrogen-bond acceptors (Lipinski definition) is 6. The van der Waals surface area contributed by atoms with Gasteiger partial charge in [0.1, 0.15) is 18.4 Å². The van der Waals surface area contributed by atoms with Gasteiger partial charge in [0.15, 0.2) is 0 Å². The predicted octanol–water partition coefficient (Wildman–Crippen LogP) is 1.63. The Hall–Kier alpha value is -2.67. The molecule has 21 heavy (non-hydrogen) atoms. The molecule has 0 heterocycles. The molecule has 0 fully saturated rings. The summed E-state index contributed by atoms with van der Waals surface area (Å²) in [6.45, 7) is -0.0749. The van der Waals surface area contributed by atoms with Gasteiger partial charge in [-0.2, -0.15) is 0 Å². The van der Waals surface area contributed by atoms with Crippen molar-refractivity contribution in [1.82, 2.24) is 0 Å². The number of nitro groups is 1. The topological polar surface area (TPSA) is 105 Å². The summed E-state index contributed by atoms with van der Waals surface area (Å²) in [6, 6.07) is 8.75. The average Bonchev–Trinajstić information content (AvgIpc) is 2.51. The van der Waals surface area contributed by atoms with Crippen LogP contribution in [-0.2, 0) is 9.53 Å². The molecule has 2 aromatic carbocycles. The Labute approximate surface area is 120 Å². The molecular weight excluding hydrogens is 276 g/mol. The van der Waals surface area contributed by atoms with Crippen LogP contribution in [0.4, 0.5) is 5.69 Å². The summed E-state index contributed by atoms with van der Waals surface area (Å²) in [5.41, 5.74) is 5.59. The van der Waals surface area contributed by atoms with Gasteiger partial charge in [-0.15, -0.1) is 0 Å². The molecule has 7 nitrogen and oxygen atoms in total. The van der Waals surface area contributed by atoms with Gasteiger partial charge in [-0.3, -0.25) is 14.9 Å². The third kappa shape index (κ3) is 3.09. The highest BCUT2D eigenvalue weighted by molar-refractivity contribution is 5.95. The normalized spacial score (nSPS) is 11.9. The van der Waals surface area contributed by atoms with Gasteiger partial charge >= 0.3 is 5.97 Å². The summed E-state index contributed by atoms with van der Waals surface area (Å²) < 4.78 is 10.00. The summed E-state index contributed by atoms with van der Waals surface area (Å²) in [7, 11) is 1.24. The van der Waals surface area contributed by atoms with Crippen molar-refractivity contribution < 1.29 is 19.2 Å². The lowest BCUT2D eigenvalue weighted by molar-refractivity contribution is -0.383. The molecule has 0 amide bonds. The molecule has 7 heteroatoms. The lowest BCUT2D eigenvalue weighted by Gasteiger charge is -2.13. The number of benzene rings is 2.